The molecule has 53 heavy (non-hydrogen) atoms. The van der Waals surface area contributed by atoms with Gasteiger partial charge in [-0.1, -0.05) is 109 Å². The van der Waals surface area contributed by atoms with Crippen LogP contribution >= 0.6 is 0 Å². The van der Waals surface area contributed by atoms with Gasteiger partial charge in [0.25, 0.3) is 0 Å². The summed E-state index contributed by atoms with van der Waals surface area (Å²) < 4.78 is 6.92. The van der Waals surface area contributed by atoms with Crippen LogP contribution in [0.2, 0.25) is 0 Å². The second kappa shape index (κ2) is 12.8. The highest BCUT2D eigenvalue weighted by Crippen LogP contribution is 2.46. The third kappa shape index (κ3) is 5.41. The first-order chi connectivity index (χ1) is 26.3. The molecule has 0 aliphatic carbocycles. The molecule has 5 aromatic heterocycles. The molecule has 0 atom stereocenters. The van der Waals surface area contributed by atoms with E-state index in [0.717, 1.165) is 88.9 Å². The van der Waals surface area contributed by atoms with E-state index in [1.807, 2.05) is 79.1 Å². The van der Waals surface area contributed by atoms with Gasteiger partial charge in [-0.2, -0.15) is 0 Å². The quantitative estimate of drug-likeness (QED) is 0.174. The normalized spacial score (nSPS) is 11.4. The summed E-state index contributed by atoms with van der Waals surface area (Å²) in [7, 11) is 0. The highest BCUT2D eigenvalue weighted by molar-refractivity contribution is 6.17. The summed E-state index contributed by atoms with van der Waals surface area (Å²) in [6, 6.07) is 51.7. The van der Waals surface area contributed by atoms with E-state index >= 15 is 0 Å². The topological polar surface area (TPSA) is 77.6 Å². The molecule has 0 radical (unpaired) electrons. The molecule has 0 fully saturated rings. The van der Waals surface area contributed by atoms with Gasteiger partial charge in [-0.25, -0.2) is 15.0 Å². The molecule has 0 amide bonds. The molecule has 5 heterocycles. The Hall–Kier alpha value is -7.31. The van der Waals surface area contributed by atoms with Crippen LogP contribution in [0.25, 0.3) is 100 Å². The number of nitrogens with zero attached hydrogens (tertiary/aromatic N) is 5. The van der Waals surface area contributed by atoms with Gasteiger partial charge in [0, 0.05) is 63.4 Å². The summed E-state index contributed by atoms with van der Waals surface area (Å²) in [6.45, 7) is 0. The van der Waals surface area contributed by atoms with Gasteiger partial charge < -0.3 is 4.42 Å². The Morgan fingerprint density at radius 3 is 1.70 bits per heavy atom. The first kappa shape index (κ1) is 30.5. The van der Waals surface area contributed by atoms with Crippen molar-refractivity contribution in [1.82, 2.24) is 24.9 Å². The van der Waals surface area contributed by atoms with Crippen LogP contribution in [0.4, 0.5) is 0 Å². The van der Waals surface area contributed by atoms with E-state index in [1.165, 1.54) is 5.56 Å². The van der Waals surface area contributed by atoms with E-state index in [1.54, 1.807) is 12.4 Å². The standard InChI is InChI=1S/C47H29N5O/c1-3-9-30(10-4-1)31-15-17-34(18-16-31)43-37-13-7-8-14-39(37)51-47(52-43)36-19-20-38-40(29-36)50-44(33-11-5-2-6-12-33)42-41(32-21-25-48-26-22-32)45(53-46(38)42)35-23-27-49-28-24-35/h1-29H. The summed E-state index contributed by atoms with van der Waals surface area (Å²) in [5.74, 6) is 1.38. The molecular formula is C47H29N5O. The van der Waals surface area contributed by atoms with Crippen molar-refractivity contribution < 1.29 is 4.42 Å². The number of hydrogen-bond donors (Lipinski definition) is 0. The number of furan rings is 1. The van der Waals surface area contributed by atoms with Crippen LogP contribution in [0.1, 0.15) is 0 Å². The zero-order chi connectivity index (χ0) is 35.1. The van der Waals surface area contributed by atoms with E-state index in [-0.39, 0.29) is 0 Å². The predicted molar refractivity (Wildman–Crippen MR) is 213 cm³/mol. The molecule has 10 aromatic rings. The van der Waals surface area contributed by atoms with Crippen molar-refractivity contribution in [1.29, 1.82) is 0 Å². The minimum atomic E-state index is 0.630. The lowest BCUT2D eigenvalue weighted by molar-refractivity contribution is 0.635. The molecule has 0 unspecified atom stereocenters. The van der Waals surface area contributed by atoms with Crippen molar-refractivity contribution in [3.05, 3.63) is 176 Å². The molecule has 248 valence electrons. The first-order valence-corrected chi connectivity index (χ1v) is 17.5. The number of aromatic nitrogens is 5. The van der Waals surface area contributed by atoms with E-state index in [4.69, 9.17) is 19.4 Å². The van der Waals surface area contributed by atoms with Gasteiger partial charge in [0.1, 0.15) is 11.3 Å². The summed E-state index contributed by atoms with van der Waals surface area (Å²) in [6.07, 6.45) is 7.19. The van der Waals surface area contributed by atoms with Crippen molar-refractivity contribution >= 4 is 32.8 Å². The fourth-order valence-electron chi connectivity index (χ4n) is 7.16. The Bertz CT molecular complexity index is 2910. The average Bonchev–Trinajstić information content (AvgIpc) is 3.65. The molecule has 10 rings (SSSR count). The van der Waals surface area contributed by atoms with Crippen LogP contribution in [0.3, 0.4) is 0 Å². The lowest BCUT2D eigenvalue weighted by atomic mass is 9.95. The van der Waals surface area contributed by atoms with Gasteiger partial charge in [-0.05, 0) is 59.2 Å². The van der Waals surface area contributed by atoms with Crippen LogP contribution in [-0.4, -0.2) is 24.9 Å². The minimum absolute atomic E-state index is 0.630. The van der Waals surface area contributed by atoms with Gasteiger partial charge in [-0.15, -0.1) is 0 Å². The Kier molecular flexibility index (Phi) is 7.36. The molecule has 0 aliphatic heterocycles. The molecule has 0 saturated carbocycles. The molecule has 0 bridgehead atoms. The fourth-order valence-corrected chi connectivity index (χ4v) is 7.16. The molecule has 0 saturated heterocycles. The van der Waals surface area contributed by atoms with Crippen LogP contribution in [-0.2, 0) is 0 Å². The molecular weight excluding hydrogens is 651 g/mol. The highest BCUT2D eigenvalue weighted by atomic mass is 16.3. The molecule has 6 nitrogen and oxygen atoms in total. The zero-order valence-corrected chi connectivity index (χ0v) is 28.4. The van der Waals surface area contributed by atoms with Gasteiger partial charge in [0.2, 0.25) is 0 Å². The summed E-state index contributed by atoms with van der Waals surface area (Å²) in [5, 5.41) is 2.84. The average molecular weight is 680 g/mol. The Labute approximate surface area is 305 Å². The van der Waals surface area contributed by atoms with E-state index in [0.29, 0.717) is 5.82 Å². The zero-order valence-electron chi connectivity index (χ0n) is 28.4. The molecule has 0 spiro atoms. The molecule has 0 aliphatic rings. The lowest BCUT2D eigenvalue weighted by Gasteiger charge is -2.12. The number of rotatable bonds is 6. The lowest BCUT2D eigenvalue weighted by Crippen LogP contribution is -1.96. The molecule has 6 heteroatoms. The first-order valence-electron chi connectivity index (χ1n) is 17.5. The molecule has 0 N–H and O–H groups in total. The Morgan fingerprint density at radius 1 is 0.377 bits per heavy atom. The second-order valence-corrected chi connectivity index (χ2v) is 12.9. The van der Waals surface area contributed by atoms with Crippen molar-refractivity contribution in [2.75, 3.05) is 0 Å². The monoisotopic (exact) mass is 679 g/mol. The second-order valence-electron chi connectivity index (χ2n) is 12.9. The number of fused-ring (bicyclic) bond motifs is 4. The predicted octanol–water partition coefficient (Wildman–Crippen LogP) is 11.7. The maximum Gasteiger partial charge on any atom is 0.160 e. The van der Waals surface area contributed by atoms with Crippen LogP contribution in [0.15, 0.2) is 181 Å². The molecule has 5 aromatic carbocycles. The van der Waals surface area contributed by atoms with Crippen LogP contribution in [0.5, 0.6) is 0 Å². The van der Waals surface area contributed by atoms with E-state index < -0.39 is 0 Å². The minimum Gasteiger partial charge on any atom is -0.455 e. The summed E-state index contributed by atoms with van der Waals surface area (Å²) in [4.78, 5) is 24.2. The van der Waals surface area contributed by atoms with Crippen molar-refractivity contribution in [3.8, 4) is 67.5 Å². The number of pyridine rings is 3. The number of para-hydroxylation sites is 1. The van der Waals surface area contributed by atoms with Gasteiger partial charge in [0.05, 0.1) is 27.8 Å². The van der Waals surface area contributed by atoms with Gasteiger partial charge in [-0.3, -0.25) is 9.97 Å². The maximum absolute atomic E-state index is 6.92. The van der Waals surface area contributed by atoms with Crippen molar-refractivity contribution in [3.63, 3.8) is 0 Å². The van der Waals surface area contributed by atoms with Crippen molar-refractivity contribution in [2.45, 2.75) is 0 Å². The van der Waals surface area contributed by atoms with E-state index in [9.17, 15) is 0 Å². The fraction of sp³-hybridized carbons (Fsp3) is 0. The number of hydrogen-bond acceptors (Lipinski definition) is 6. The SMILES string of the molecule is c1ccc(-c2ccc(-c3nc(-c4ccc5c(c4)nc(-c4ccccc4)c4c(-c6ccncc6)c(-c6ccncc6)oc45)nc4ccccc34)cc2)cc1. The van der Waals surface area contributed by atoms with E-state index in [2.05, 4.69) is 94.9 Å². The third-order valence-corrected chi connectivity index (χ3v) is 9.71. The Morgan fingerprint density at radius 2 is 0.962 bits per heavy atom. The number of benzene rings is 5. The van der Waals surface area contributed by atoms with Crippen LogP contribution < -0.4 is 0 Å². The van der Waals surface area contributed by atoms with Gasteiger partial charge in [0.15, 0.2) is 5.82 Å². The summed E-state index contributed by atoms with van der Waals surface area (Å²) in [5.41, 5.74) is 12.3. The third-order valence-electron chi connectivity index (χ3n) is 9.71. The largest absolute Gasteiger partial charge is 0.455 e. The highest BCUT2D eigenvalue weighted by Gasteiger charge is 2.25. The van der Waals surface area contributed by atoms with Gasteiger partial charge >= 0.3 is 0 Å². The Balaban J connectivity index is 1.19. The smallest absolute Gasteiger partial charge is 0.160 e. The van der Waals surface area contributed by atoms with Crippen LogP contribution in [0, 0.1) is 0 Å². The maximum atomic E-state index is 6.92. The van der Waals surface area contributed by atoms with Crippen molar-refractivity contribution in [2.24, 2.45) is 0 Å². The summed E-state index contributed by atoms with van der Waals surface area (Å²) >= 11 is 0.